The number of rotatable bonds is 7. The molecule has 2 heterocycles. The molecule has 0 spiro atoms. The zero-order valence-corrected chi connectivity index (χ0v) is 18.3. The summed E-state index contributed by atoms with van der Waals surface area (Å²) >= 11 is 0. The summed E-state index contributed by atoms with van der Waals surface area (Å²) in [6.45, 7) is 9.23. The van der Waals surface area contributed by atoms with Gasteiger partial charge in [0.05, 0.1) is 0 Å². The number of piperidine rings is 1. The zero-order chi connectivity index (χ0) is 20.8. The Morgan fingerprint density at radius 2 is 1.30 bits per heavy atom. The molecule has 2 aromatic rings. The lowest BCUT2D eigenvalue weighted by atomic mass is 9.95. The van der Waals surface area contributed by atoms with Gasteiger partial charge in [-0.3, -0.25) is 14.6 Å². The molecule has 2 fully saturated rings. The Morgan fingerprint density at radius 1 is 0.800 bits per heavy atom. The van der Waals surface area contributed by atoms with Crippen LogP contribution in [0.4, 0.5) is 0 Å². The van der Waals surface area contributed by atoms with E-state index < -0.39 is 0 Å². The number of aryl methyl sites for hydroxylation is 1. The van der Waals surface area contributed by atoms with Crippen molar-refractivity contribution < 1.29 is 4.79 Å². The van der Waals surface area contributed by atoms with E-state index in [1.165, 1.54) is 48.2 Å². The summed E-state index contributed by atoms with van der Waals surface area (Å²) in [5, 5.41) is 3.16. The molecule has 0 unspecified atom stereocenters. The SMILES string of the molecule is Cc1ccc(CN2CCC(C(=O)NCc3ccc(CN4CCCC4)cc3)CC2)cc1. The molecule has 2 aliphatic rings. The average Bonchev–Trinajstić information content (AvgIpc) is 3.28. The minimum absolute atomic E-state index is 0.147. The fourth-order valence-corrected chi connectivity index (χ4v) is 4.60. The highest BCUT2D eigenvalue weighted by Gasteiger charge is 2.24. The molecule has 30 heavy (non-hydrogen) atoms. The van der Waals surface area contributed by atoms with Gasteiger partial charge in [0.2, 0.25) is 5.91 Å². The Bertz CT molecular complexity index is 801. The minimum atomic E-state index is 0.147. The molecule has 0 radical (unpaired) electrons. The summed E-state index contributed by atoms with van der Waals surface area (Å²) < 4.78 is 0. The summed E-state index contributed by atoms with van der Waals surface area (Å²) in [6.07, 6.45) is 4.56. The van der Waals surface area contributed by atoms with Gasteiger partial charge in [0.1, 0.15) is 0 Å². The third-order valence-corrected chi connectivity index (χ3v) is 6.58. The van der Waals surface area contributed by atoms with E-state index in [-0.39, 0.29) is 11.8 Å². The van der Waals surface area contributed by atoms with Gasteiger partial charge in [-0.25, -0.2) is 0 Å². The van der Waals surface area contributed by atoms with Crippen LogP contribution in [0.25, 0.3) is 0 Å². The van der Waals surface area contributed by atoms with E-state index in [4.69, 9.17) is 0 Å². The van der Waals surface area contributed by atoms with Crippen LogP contribution in [0.3, 0.4) is 0 Å². The molecule has 0 aliphatic carbocycles. The fourth-order valence-electron chi connectivity index (χ4n) is 4.60. The molecule has 0 atom stereocenters. The van der Waals surface area contributed by atoms with E-state index in [0.717, 1.165) is 39.0 Å². The van der Waals surface area contributed by atoms with E-state index >= 15 is 0 Å². The Labute approximate surface area is 181 Å². The molecule has 4 heteroatoms. The number of carbonyl (C=O) groups excluding carboxylic acids is 1. The number of likely N-dealkylation sites (tertiary alicyclic amines) is 2. The summed E-state index contributed by atoms with van der Waals surface area (Å²) in [7, 11) is 0. The molecule has 2 saturated heterocycles. The topological polar surface area (TPSA) is 35.6 Å². The zero-order valence-electron chi connectivity index (χ0n) is 18.3. The van der Waals surface area contributed by atoms with Crippen molar-refractivity contribution in [3.8, 4) is 0 Å². The first-order chi connectivity index (χ1) is 14.7. The number of amides is 1. The van der Waals surface area contributed by atoms with Crippen molar-refractivity contribution in [2.24, 2.45) is 5.92 Å². The number of hydrogen-bond acceptors (Lipinski definition) is 3. The smallest absolute Gasteiger partial charge is 0.223 e. The van der Waals surface area contributed by atoms with Gasteiger partial charge >= 0.3 is 0 Å². The maximum atomic E-state index is 12.6. The van der Waals surface area contributed by atoms with Crippen LogP contribution >= 0.6 is 0 Å². The highest BCUT2D eigenvalue weighted by Crippen LogP contribution is 2.20. The summed E-state index contributed by atoms with van der Waals surface area (Å²) in [5.41, 5.74) is 5.21. The molecule has 160 valence electrons. The molecule has 2 aromatic carbocycles. The van der Waals surface area contributed by atoms with E-state index in [1.807, 2.05) is 0 Å². The van der Waals surface area contributed by atoms with Gasteiger partial charge in [0, 0.05) is 25.6 Å². The normalized spacial score (nSPS) is 18.6. The van der Waals surface area contributed by atoms with Crippen molar-refractivity contribution in [3.05, 3.63) is 70.8 Å². The van der Waals surface area contributed by atoms with Gasteiger partial charge in [0.25, 0.3) is 0 Å². The lowest BCUT2D eigenvalue weighted by Gasteiger charge is -2.31. The van der Waals surface area contributed by atoms with E-state index in [2.05, 4.69) is 70.6 Å². The van der Waals surface area contributed by atoms with Gasteiger partial charge in [0.15, 0.2) is 0 Å². The first kappa shape index (κ1) is 21.1. The minimum Gasteiger partial charge on any atom is -0.352 e. The molecule has 1 N–H and O–H groups in total. The molecule has 0 saturated carbocycles. The molecule has 0 bridgehead atoms. The van der Waals surface area contributed by atoms with Crippen LogP contribution in [0, 0.1) is 12.8 Å². The summed E-state index contributed by atoms with van der Waals surface area (Å²) in [6, 6.07) is 17.5. The van der Waals surface area contributed by atoms with Crippen LogP contribution in [-0.2, 0) is 24.4 Å². The lowest BCUT2D eigenvalue weighted by molar-refractivity contribution is -0.126. The van der Waals surface area contributed by atoms with E-state index in [0.29, 0.717) is 6.54 Å². The second-order valence-electron chi connectivity index (χ2n) is 9.05. The molecule has 4 rings (SSSR count). The van der Waals surface area contributed by atoms with Gasteiger partial charge in [-0.05, 0) is 75.5 Å². The maximum absolute atomic E-state index is 12.6. The first-order valence-electron chi connectivity index (χ1n) is 11.5. The highest BCUT2D eigenvalue weighted by molar-refractivity contribution is 5.78. The second-order valence-corrected chi connectivity index (χ2v) is 9.05. The maximum Gasteiger partial charge on any atom is 0.223 e. The third-order valence-electron chi connectivity index (χ3n) is 6.58. The van der Waals surface area contributed by atoms with Crippen LogP contribution in [0.2, 0.25) is 0 Å². The van der Waals surface area contributed by atoms with Gasteiger partial charge in [-0.1, -0.05) is 54.1 Å². The lowest BCUT2D eigenvalue weighted by Crippen LogP contribution is -2.40. The van der Waals surface area contributed by atoms with Crippen LogP contribution in [0.15, 0.2) is 48.5 Å². The number of carbonyl (C=O) groups is 1. The first-order valence-corrected chi connectivity index (χ1v) is 11.5. The summed E-state index contributed by atoms with van der Waals surface area (Å²) in [5.74, 6) is 0.361. The van der Waals surface area contributed by atoms with Crippen LogP contribution < -0.4 is 5.32 Å². The van der Waals surface area contributed by atoms with E-state index in [1.54, 1.807) is 0 Å². The molecule has 1 amide bonds. The predicted molar refractivity (Wildman–Crippen MR) is 122 cm³/mol. The monoisotopic (exact) mass is 405 g/mol. The fraction of sp³-hybridized carbons (Fsp3) is 0.500. The van der Waals surface area contributed by atoms with Crippen molar-refractivity contribution >= 4 is 5.91 Å². The van der Waals surface area contributed by atoms with Crippen LogP contribution in [-0.4, -0.2) is 41.9 Å². The van der Waals surface area contributed by atoms with Crippen LogP contribution in [0.5, 0.6) is 0 Å². The molecular formula is C26H35N3O. The average molecular weight is 406 g/mol. The third kappa shape index (κ3) is 5.93. The standard InChI is InChI=1S/C26H35N3O/c1-21-4-6-23(7-5-21)20-29-16-12-25(13-17-29)26(30)27-18-22-8-10-24(11-9-22)19-28-14-2-3-15-28/h4-11,25H,2-3,12-20H2,1H3,(H,27,30). The van der Waals surface area contributed by atoms with Gasteiger partial charge < -0.3 is 5.32 Å². The molecule has 0 aromatic heterocycles. The Kier molecular flexibility index (Phi) is 7.19. The van der Waals surface area contributed by atoms with Crippen molar-refractivity contribution in [3.63, 3.8) is 0 Å². The Morgan fingerprint density at radius 3 is 1.90 bits per heavy atom. The van der Waals surface area contributed by atoms with Gasteiger partial charge in [-0.15, -0.1) is 0 Å². The number of nitrogens with one attached hydrogen (secondary N) is 1. The van der Waals surface area contributed by atoms with Crippen molar-refractivity contribution in [1.82, 2.24) is 15.1 Å². The second kappa shape index (κ2) is 10.2. The van der Waals surface area contributed by atoms with Crippen molar-refractivity contribution in [2.45, 2.75) is 52.2 Å². The number of hydrogen-bond donors (Lipinski definition) is 1. The largest absolute Gasteiger partial charge is 0.352 e. The Hall–Kier alpha value is -2.17. The van der Waals surface area contributed by atoms with Crippen molar-refractivity contribution in [1.29, 1.82) is 0 Å². The number of nitrogens with zero attached hydrogens (tertiary/aromatic N) is 2. The number of benzene rings is 2. The predicted octanol–water partition coefficient (Wildman–Crippen LogP) is 4.12. The molecule has 2 aliphatic heterocycles. The molecular weight excluding hydrogens is 370 g/mol. The quantitative estimate of drug-likeness (QED) is 0.753. The molecule has 4 nitrogen and oxygen atoms in total. The van der Waals surface area contributed by atoms with Crippen molar-refractivity contribution in [2.75, 3.05) is 26.2 Å². The van der Waals surface area contributed by atoms with Crippen LogP contribution in [0.1, 0.15) is 47.9 Å². The summed E-state index contributed by atoms with van der Waals surface area (Å²) in [4.78, 5) is 17.6. The van der Waals surface area contributed by atoms with Gasteiger partial charge in [-0.2, -0.15) is 0 Å². The Balaban J connectivity index is 1.18. The highest BCUT2D eigenvalue weighted by atomic mass is 16.1. The van der Waals surface area contributed by atoms with E-state index in [9.17, 15) is 4.79 Å².